The summed E-state index contributed by atoms with van der Waals surface area (Å²) in [5.74, 6) is 0.800. The second-order valence-electron chi connectivity index (χ2n) is 4.33. The normalized spacial score (nSPS) is 12.8. The first-order valence-corrected chi connectivity index (χ1v) is 5.73. The lowest BCUT2D eigenvalue weighted by molar-refractivity contribution is 0.103. The lowest BCUT2D eigenvalue weighted by Gasteiger charge is -2.19. The average molecular weight is 240 g/mol. The van der Waals surface area contributed by atoms with Gasteiger partial charge in [0.1, 0.15) is 11.5 Å². The van der Waals surface area contributed by atoms with E-state index in [0.29, 0.717) is 28.9 Å². The number of hydrogen-bond acceptors (Lipinski definition) is 3. The molecule has 0 unspecified atom stereocenters. The highest BCUT2D eigenvalue weighted by Crippen LogP contribution is 2.33. The molecular weight excluding hydrogens is 228 g/mol. The van der Waals surface area contributed by atoms with E-state index in [-0.39, 0.29) is 11.5 Å². The van der Waals surface area contributed by atoms with E-state index in [2.05, 4.69) is 0 Å². The maximum Gasteiger partial charge on any atom is 0.193 e. The van der Waals surface area contributed by atoms with E-state index < -0.39 is 0 Å². The summed E-state index contributed by atoms with van der Waals surface area (Å²) in [7, 11) is 1.58. The molecule has 0 saturated carbocycles. The van der Waals surface area contributed by atoms with Gasteiger partial charge in [0.25, 0.3) is 0 Å². The van der Waals surface area contributed by atoms with Crippen molar-refractivity contribution in [2.45, 2.75) is 6.42 Å². The average Bonchev–Trinajstić information content (AvgIpc) is 2.40. The molecule has 1 aliphatic carbocycles. The van der Waals surface area contributed by atoms with Crippen LogP contribution in [0.3, 0.4) is 0 Å². The van der Waals surface area contributed by atoms with E-state index in [4.69, 9.17) is 4.74 Å². The first kappa shape index (κ1) is 10.8. The minimum Gasteiger partial charge on any atom is -0.508 e. The van der Waals surface area contributed by atoms with Gasteiger partial charge in [-0.25, -0.2) is 0 Å². The van der Waals surface area contributed by atoms with Crippen molar-refractivity contribution in [3.8, 4) is 11.5 Å². The van der Waals surface area contributed by atoms with Gasteiger partial charge in [-0.15, -0.1) is 0 Å². The molecule has 3 rings (SSSR count). The molecule has 0 saturated heterocycles. The van der Waals surface area contributed by atoms with Crippen LogP contribution in [0.4, 0.5) is 0 Å². The van der Waals surface area contributed by atoms with Crippen molar-refractivity contribution in [2.75, 3.05) is 7.11 Å². The fraction of sp³-hybridized carbons (Fsp3) is 0.133. The summed E-state index contributed by atoms with van der Waals surface area (Å²) in [5.41, 5.74) is 2.87. The summed E-state index contributed by atoms with van der Waals surface area (Å²) >= 11 is 0. The number of fused-ring (bicyclic) bond motifs is 2. The number of ketones is 1. The highest BCUT2D eigenvalue weighted by Gasteiger charge is 2.25. The summed E-state index contributed by atoms with van der Waals surface area (Å²) in [6.07, 6.45) is 0.576. The van der Waals surface area contributed by atoms with Crippen LogP contribution in [0.2, 0.25) is 0 Å². The molecule has 3 heteroatoms. The van der Waals surface area contributed by atoms with E-state index >= 15 is 0 Å². The van der Waals surface area contributed by atoms with Gasteiger partial charge in [0, 0.05) is 23.1 Å². The van der Waals surface area contributed by atoms with Crippen LogP contribution in [0, 0.1) is 0 Å². The maximum absolute atomic E-state index is 12.4. The molecule has 2 aromatic carbocycles. The van der Waals surface area contributed by atoms with E-state index in [1.165, 1.54) is 0 Å². The predicted molar refractivity (Wildman–Crippen MR) is 67.3 cm³/mol. The Morgan fingerprint density at radius 3 is 2.78 bits per heavy atom. The monoisotopic (exact) mass is 240 g/mol. The highest BCUT2D eigenvalue weighted by atomic mass is 16.5. The Morgan fingerprint density at radius 2 is 2.00 bits per heavy atom. The van der Waals surface area contributed by atoms with Gasteiger partial charge in [0.05, 0.1) is 7.11 Å². The molecule has 0 aromatic heterocycles. The van der Waals surface area contributed by atoms with Gasteiger partial charge in [-0.1, -0.05) is 18.2 Å². The smallest absolute Gasteiger partial charge is 0.193 e. The van der Waals surface area contributed by atoms with Crippen LogP contribution in [0.5, 0.6) is 11.5 Å². The van der Waals surface area contributed by atoms with Gasteiger partial charge >= 0.3 is 0 Å². The third-order valence-electron chi connectivity index (χ3n) is 3.32. The van der Waals surface area contributed by atoms with Gasteiger partial charge in [0.2, 0.25) is 0 Å². The second-order valence-corrected chi connectivity index (χ2v) is 4.33. The number of ether oxygens (including phenoxy) is 1. The predicted octanol–water partition coefficient (Wildman–Crippen LogP) is 2.54. The lowest BCUT2D eigenvalue weighted by atomic mass is 9.84. The zero-order valence-electron chi connectivity index (χ0n) is 9.93. The van der Waals surface area contributed by atoms with Gasteiger partial charge < -0.3 is 9.84 Å². The number of carbonyl (C=O) groups excluding carboxylic acids is 1. The van der Waals surface area contributed by atoms with Crippen LogP contribution in [0.25, 0.3) is 0 Å². The Labute approximate surface area is 105 Å². The number of carbonyl (C=O) groups is 1. The fourth-order valence-electron chi connectivity index (χ4n) is 2.36. The first-order valence-electron chi connectivity index (χ1n) is 5.73. The van der Waals surface area contributed by atoms with E-state index in [1.807, 2.05) is 12.1 Å². The van der Waals surface area contributed by atoms with Gasteiger partial charge in [-0.3, -0.25) is 4.79 Å². The Morgan fingerprint density at radius 1 is 1.17 bits per heavy atom. The van der Waals surface area contributed by atoms with E-state index in [1.54, 1.807) is 31.4 Å². The molecule has 18 heavy (non-hydrogen) atoms. The molecule has 2 aromatic rings. The number of aromatic hydroxyl groups is 1. The molecule has 0 fully saturated rings. The molecule has 0 spiro atoms. The van der Waals surface area contributed by atoms with Crippen LogP contribution in [-0.2, 0) is 6.42 Å². The molecular formula is C15H12O3. The van der Waals surface area contributed by atoms with Gasteiger partial charge in [-0.05, 0) is 23.8 Å². The van der Waals surface area contributed by atoms with Crippen molar-refractivity contribution in [1.29, 1.82) is 0 Å². The Kier molecular flexibility index (Phi) is 2.33. The second kappa shape index (κ2) is 3.88. The molecule has 0 radical (unpaired) electrons. The van der Waals surface area contributed by atoms with Crippen LogP contribution in [-0.4, -0.2) is 18.0 Å². The van der Waals surface area contributed by atoms with Crippen LogP contribution >= 0.6 is 0 Å². The number of phenols is 1. The Bertz CT molecular complexity index is 644. The zero-order valence-corrected chi connectivity index (χ0v) is 9.93. The van der Waals surface area contributed by atoms with Crippen molar-refractivity contribution in [1.82, 2.24) is 0 Å². The third kappa shape index (κ3) is 1.48. The van der Waals surface area contributed by atoms with Crippen molar-refractivity contribution in [2.24, 2.45) is 0 Å². The Balaban J connectivity index is 2.19. The number of methoxy groups -OCH3 is 1. The minimum atomic E-state index is -0.0546. The molecule has 0 bridgehead atoms. The zero-order chi connectivity index (χ0) is 12.7. The summed E-state index contributed by atoms with van der Waals surface area (Å²) in [5, 5.41) is 9.82. The van der Waals surface area contributed by atoms with E-state index in [9.17, 15) is 9.90 Å². The minimum absolute atomic E-state index is 0.0546. The number of hydrogen-bond donors (Lipinski definition) is 1. The van der Waals surface area contributed by atoms with Crippen molar-refractivity contribution < 1.29 is 14.6 Å². The molecule has 0 heterocycles. The number of phenolic OH excluding ortho intramolecular Hbond substituents is 1. The Hall–Kier alpha value is -2.29. The summed E-state index contributed by atoms with van der Waals surface area (Å²) in [4.78, 5) is 12.4. The summed E-state index contributed by atoms with van der Waals surface area (Å²) in [6, 6.07) is 10.5. The van der Waals surface area contributed by atoms with Crippen LogP contribution < -0.4 is 4.74 Å². The van der Waals surface area contributed by atoms with Gasteiger partial charge in [0.15, 0.2) is 5.78 Å². The van der Waals surface area contributed by atoms with E-state index in [0.717, 1.165) is 5.56 Å². The molecule has 90 valence electrons. The SMILES string of the molecule is COc1ccc2c(c1)C(=O)c1cccc(O)c1C2. The largest absolute Gasteiger partial charge is 0.508 e. The van der Waals surface area contributed by atoms with Crippen LogP contribution in [0.15, 0.2) is 36.4 Å². The highest BCUT2D eigenvalue weighted by molar-refractivity contribution is 6.12. The van der Waals surface area contributed by atoms with Crippen molar-refractivity contribution in [3.63, 3.8) is 0 Å². The molecule has 3 nitrogen and oxygen atoms in total. The molecule has 0 aliphatic heterocycles. The topological polar surface area (TPSA) is 46.5 Å². The first-order chi connectivity index (χ1) is 8.70. The fourth-order valence-corrected chi connectivity index (χ4v) is 2.36. The summed E-state index contributed by atoms with van der Waals surface area (Å²) < 4.78 is 5.14. The molecule has 0 amide bonds. The molecule has 1 N–H and O–H groups in total. The third-order valence-corrected chi connectivity index (χ3v) is 3.32. The quantitative estimate of drug-likeness (QED) is 0.711. The lowest BCUT2D eigenvalue weighted by Crippen LogP contribution is -2.15. The summed E-state index contributed by atoms with van der Waals surface area (Å²) in [6.45, 7) is 0. The molecule has 0 atom stereocenters. The molecule has 1 aliphatic rings. The van der Waals surface area contributed by atoms with Crippen LogP contribution in [0.1, 0.15) is 27.0 Å². The van der Waals surface area contributed by atoms with Crippen molar-refractivity contribution in [3.05, 3.63) is 58.7 Å². The number of benzene rings is 2. The standard InChI is InChI=1S/C15H12O3/c1-18-10-6-5-9-7-13-11(3-2-4-14(13)16)15(17)12(9)8-10/h2-6,8,16H,7H2,1H3. The van der Waals surface area contributed by atoms with Gasteiger partial charge in [-0.2, -0.15) is 0 Å². The van der Waals surface area contributed by atoms with Crippen molar-refractivity contribution >= 4 is 5.78 Å². The number of rotatable bonds is 1. The maximum atomic E-state index is 12.4.